The van der Waals surface area contributed by atoms with Crippen molar-refractivity contribution >= 4 is 18.5 Å². The summed E-state index contributed by atoms with van der Waals surface area (Å²) in [4.78, 5) is 18.8. The Morgan fingerprint density at radius 2 is 1.96 bits per heavy atom. The zero-order chi connectivity index (χ0) is 17.5. The fourth-order valence-electron chi connectivity index (χ4n) is 3.22. The third-order valence-electron chi connectivity index (χ3n) is 5.58. The SMILES string of the molecule is CC1CCCN1C(=O)Cc1ccc(B2OC(C)(C)C(C)(C)O2)cn1. The highest BCUT2D eigenvalue weighted by atomic mass is 16.7. The van der Waals surface area contributed by atoms with Gasteiger partial charge < -0.3 is 14.2 Å². The van der Waals surface area contributed by atoms with Crippen molar-refractivity contribution in [3.8, 4) is 0 Å². The van der Waals surface area contributed by atoms with E-state index in [1.165, 1.54) is 0 Å². The van der Waals surface area contributed by atoms with Crippen LogP contribution in [0.5, 0.6) is 0 Å². The van der Waals surface area contributed by atoms with Crippen molar-refractivity contribution in [1.82, 2.24) is 9.88 Å². The number of nitrogens with zero attached hydrogens (tertiary/aromatic N) is 2. The van der Waals surface area contributed by atoms with E-state index in [2.05, 4.69) is 11.9 Å². The van der Waals surface area contributed by atoms with Gasteiger partial charge in [0.05, 0.1) is 17.6 Å². The maximum Gasteiger partial charge on any atom is 0.496 e. The van der Waals surface area contributed by atoms with Crippen LogP contribution in [0, 0.1) is 0 Å². The molecule has 24 heavy (non-hydrogen) atoms. The van der Waals surface area contributed by atoms with Gasteiger partial charge >= 0.3 is 7.12 Å². The summed E-state index contributed by atoms with van der Waals surface area (Å²) in [7, 11) is -0.411. The molecule has 0 radical (unpaired) electrons. The van der Waals surface area contributed by atoms with Crippen LogP contribution in [0.3, 0.4) is 0 Å². The average molecular weight is 330 g/mol. The highest BCUT2D eigenvalue weighted by Crippen LogP contribution is 2.36. The maximum absolute atomic E-state index is 12.4. The molecule has 3 heterocycles. The molecule has 130 valence electrons. The number of pyridine rings is 1. The van der Waals surface area contributed by atoms with Crippen LogP contribution >= 0.6 is 0 Å². The van der Waals surface area contributed by atoms with Crippen LogP contribution in [0.4, 0.5) is 0 Å². The lowest BCUT2D eigenvalue weighted by atomic mass is 9.80. The van der Waals surface area contributed by atoms with Gasteiger partial charge in [-0.2, -0.15) is 0 Å². The van der Waals surface area contributed by atoms with E-state index >= 15 is 0 Å². The molecule has 5 nitrogen and oxygen atoms in total. The van der Waals surface area contributed by atoms with E-state index in [-0.39, 0.29) is 17.1 Å². The Hall–Kier alpha value is -1.40. The first-order valence-corrected chi connectivity index (χ1v) is 8.79. The standard InChI is InChI=1S/C18H27BN2O3/c1-13-7-6-10-21(13)16(22)11-15-9-8-14(12-20-15)19-23-17(2,3)18(4,5)24-19/h8-9,12-13H,6-7,10-11H2,1-5H3. The monoisotopic (exact) mass is 330 g/mol. The molecule has 1 aromatic rings. The number of likely N-dealkylation sites (tertiary alicyclic amines) is 1. The van der Waals surface area contributed by atoms with E-state index in [9.17, 15) is 4.79 Å². The van der Waals surface area contributed by atoms with Gasteiger partial charge in [-0.25, -0.2) is 0 Å². The van der Waals surface area contributed by atoms with Crippen molar-refractivity contribution in [2.45, 2.75) is 71.1 Å². The zero-order valence-electron chi connectivity index (χ0n) is 15.3. The fraction of sp³-hybridized carbons (Fsp3) is 0.667. The van der Waals surface area contributed by atoms with Crippen LogP contribution in [-0.2, 0) is 20.5 Å². The molecular formula is C18H27BN2O3. The molecule has 2 aliphatic heterocycles. The third kappa shape index (κ3) is 3.22. The van der Waals surface area contributed by atoms with Crippen LogP contribution in [0.2, 0.25) is 0 Å². The van der Waals surface area contributed by atoms with Gasteiger partial charge in [0.1, 0.15) is 0 Å². The number of aromatic nitrogens is 1. The van der Waals surface area contributed by atoms with Gasteiger partial charge in [0.15, 0.2) is 0 Å². The third-order valence-corrected chi connectivity index (χ3v) is 5.58. The van der Waals surface area contributed by atoms with Crippen molar-refractivity contribution in [1.29, 1.82) is 0 Å². The van der Waals surface area contributed by atoms with Crippen molar-refractivity contribution in [2.24, 2.45) is 0 Å². The van der Waals surface area contributed by atoms with E-state index in [1.807, 2.05) is 44.7 Å². The van der Waals surface area contributed by atoms with Gasteiger partial charge in [0, 0.05) is 29.9 Å². The molecule has 0 aliphatic carbocycles. The van der Waals surface area contributed by atoms with E-state index < -0.39 is 7.12 Å². The lowest BCUT2D eigenvalue weighted by molar-refractivity contribution is -0.131. The van der Waals surface area contributed by atoms with E-state index in [1.54, 1.807) is 6.20 Å². The minimum Gasteiger partial charge on any atom is -0.399 e. The summed E-state index contributed by atoms with van der Waals surface area (Å²) in [6.45, 7) is 11.1. The number of hydrogen-bond donors (Lipinski definition) is 0. The number of carbonyl (C=O) groups is 1. The second-order valence-corrected chi connectivity index (χ2v) is 7.93. The van der Waals surface area contributed by atoms with E-state index in [0.717, 1.165) is 30.5 Å². The molecule has 1 unspecified atom stereocenters. The van der Waals surface area contributed by atoms with Crippen LogP contribution < -0.4 is 5.46 Å². The predicted octanol–water partition coefficient (Wildman–Crippen LogP) is 1.93. The summed E-state index contributed by atoms with van der Waals surface area (Å²) >= 11 is 0. The van der Waals surface area contributed by atoms with Crippen LogP contribution in [0.1, 0.15) is 53.2 Å². The van der Waals surface area contributed by atoms with E-state index in [0.29, 0.717) is 12.5 Å². The first-order valence-electron chi connectivity index (χ1n) is 8.79. The van der Waals surface area contributed by atoms with Gasteiger partial charge in [-0.1, -0.05) is 6.07 Å². The van der Waals surface area contributed by atoms with Crippen molar-refractivity contribution in [3.63, 3.8) is 0 Å². The van der Waals surface area contributed by atoms with Crippen molar-refractivity contribution in [2.75, 3.05) is 6.54 Å². The minimum absolute atomic E-state index is 0.163. The van der Waals surface area contributed by atoms with Crippen LogP contribution in [0.15, 0.2) is 18.3 Å². The van der Waals surface area contributed by atoms with Crippen molar-refractivity contribution < 1.29 is 14.1 Å². The molecule has 6 heteroatoms. The number of rotatable bonds is 3. The molecular weight excluding hydrogens is 303 g/mol. The van der Waals surface area contributed by atoms with Gasteiger partial charge in [-0.05, 0) is 53.5 Å². The molecule has 0 bridgehead atoms. The number of hydrogen-bond acceptors (Lipinski definition) is 4. The second kappa shape index (κ2) is 6.15. The molecule has 2 saturated heterocycles. The largest absolute Gasteiger partial charge is 0.496 e. The van der Waals surface area contributed by atoms with Crippen LogP contribution in [0.25, 0.3) is 0 Å². The highest BCUT2D eigenvalue weighted by molar-refractivity contribution is 6.62. The Balaban J connectivity index is 1.65. The molecule has 0 spiro atoms. The Kier molecular flexibility index (Phi) is 4.47. The average Bonchev–Trinajstić information content (AvgIpc) is 3.01. The first-order chi connectivity index (χ1) is 11.2. The highest BCUT2D eigenvalue weighted by Gasteiger charge is 2.51. The van der Waals surface area contributed by atoms with Gasteiger partial charge in [0.25, 0.3) is 0 Å². The maximum atomic E-state index is 12.4. The Morgan fingerprint density at radius 3 is 2.46 bits per heavy atom. The summed E-state index contributed by atoms with van der Waals surface area (Å²) < 4.78 is 12.1. The fourth-order valence-corrected chi connectivity index (χ4v) is 3.22. The number of amides is 1. The smallest absolute Gasteiger partial charge is 0.399 e. The van der Waals surface area contributed by atoms with E-state index in [4.69, 9.17) is 9.31 Å². The Labute approximate surface area is 144 Å². The summed E-state index contributed by atoms with van der Waals surface area (Å²) in [5.41, 5.74) is 0.954. The molecule has 0 N–H and O–H groups in total. The normalized spacial score (nSPS) is 25.3. The zero-order valence-corrected chi connectivity index (χ0v) is 15.3. The van der Waals surface area contributed by atoms with Crippen molar-refractivity contribution in [3.05, 3.63) is 24.0 Å². The van der Waals surface area contributed by atoms with Gasteiger partial charge in [0.2, 0.25) is 5.91 Å². The van der Waals surface area contributed by atoms with Crippen LogP contribution in [-0.4, -0.2) is 46.7 Å². The predicted molar refractivity (Wildman–Crippen MR) is 94.1 cm³/mol. The second-order valence-electron chi connectivity index (χ2n) is 7.93. The molecule has 2 fully saturated rings. The quantitative estimate of drug-likeness (QED) is 0.795. The summed E-state index contributed by atoms with van der Waals surface area (Å²) in [6, 6.07) is 4.20. The molecule has 2 aliphatic rings. The first kappa shape index (κ1) is 17.4. The molecule has 1 aromatic heterocycles. The summed E-state index contributed by atoms with van der Waals surface area (Å²) in [6.07, 6.45) is 4.31. The van der Waals surface area contributed by atoms with Gasteiger partial charge in [-0.15, -0.1) is 0 Å². The molecule has 1 atom stereocenters. The number of carbonyl (C=O) groups excluding carboxylic acids is 1. The molecule has 3 rings (SSSR count). The van der Waals surface area contributed by atoms with Gasteiger partial charge in [-0.3, -0.25) is 9.78 Å². The minimum atomic E-state index is -0.411. The molecule has 0 saturated carbocycles. The summed E-state index contributed by atoms with van der Waals surface area (Å²) in [5.74, 6) is 0.163. The lowest BCUT2D eigenvalue weighted by Gasteiger charge is -2.32. The Morgan fingerprint density at radius 1 is 1.29 bits per heavy atom. The molecule has 0 aromatic carbocycles. The molecule has 1 amide bonds. The lowest BCUT2D eigenvalue weighted by Crippen LogP contribution is -2.41. The topological polar surface area (TPSA) is 51.7 Å². The Bertz CT molecular complexity index is 599. The summed E-state index contributed by atoms with van der Waals surface area (Å²) in [5, 5.41) is 0.